The van der Waals surface area contributed by atoms with Gasteiger partial charge >= 0.3 is 0 Å². The van der Waals surface area contributed by atoms with Crippen LogP contribution in [0, 0.1) is 0 Å². The highest BCUT2D eigenvalue weighted by atomic mass is 32.2. The Morgan fingerprint density at radius 1 is 1.15 bits per heavy atom. The molecule has 3 nitrogen and oxygen atoms in total. The third-order valence-corrected chi connectivity index (χ3v) is 5.05. The van der Waals surface area contributed by atoms with Crippen molar-refractivity contribution < 1.29 is 9.53 Å². The molecule has 1 amide bonds. The lowest BCUT2D eigenvalue weighted by molar-refractivity contribution is -0.113. The van der Waals surface area contributed by atoms with Crippen molar-refractivity contribution in [3.8, 4) is 5.75 Å². The molecule has 26 heavy (non-hydrogen) atoms. The zero-order valence-electron chi connectivity index (χ0n) is 14.6. The van der Waals surface area contributed by atoms with E-state index in [0.29, 0.717) is 15.8 Å². The van der Waals surface area contributed by atoms with Gasteiger partial charge in [-0.05, 0) is 55.3 Å². The molecule has 1 aliphatic heterocycles. The van der Waals surface area contributed by atoms with Crippen molar-refractivity contribution in [3.63, 3.8) is 0 Å². The van der Waals surface area contributed by atoms with E-state index in [1.54, 1.807) is 4.90 Å². The number of hydrogen-bond acceptors (Lipinski definition) is 4. The van der Waals surface area contributed by atoms with E-state index in [9.17, 15) is 4.79 Å². The normalized spacial score (nSPS) is 16.5. The van der Waals surface area contributed by atoms with Crippen LogP contribution in [0.1, 0.15) is 19.4 Å². The fourth-order valence-corrected chi connectivity index (χ4v) is 3.96. The molecule has 0 saturated carbocycles. The van der Waals surface area contributed by atoms with Crippen LogP contribution in [0.2, 0.25) is 0 Å². The molecule has 132 valence electrons. The summed E-state index contributed by atoms with van der Waals surface area (Å²) in [5, 5.41) is 0. The van der Waals surface area contributed by atoms with Crippen LogP contribution in [-0.4, -0.2) is 16.8 Å². The van der Waals surface area contributed by atoms with Gasteiger partial charge in [-0.25, -0.2) is 0 Å². The zero-order chi connectivity index (χ0) is 18.5. The van der Waals surface area contributed by atoms with Gasteiger partial charge < -0.3 is 4.74 Å². The maximum Gasteiger partial charge on any atom is 0.270 e. The van der Waals surface area contributed by atoms with E-state index >= 15 is 0 Å². The second-order valence-electron chi connectivity index (χ2n) is 5.74. The van der Waals surface area contributed by atoms with Crippen molar-refractivity contribution in [2.45, 2.75) is 13.8 Å². The van der Waals surface area contributed by atoms with Gasteiger partial charge in [0.15, 0.2) is 4.32 Å². The minimum atomic E-state index is -0.0926. The van der Waals surface area contributed by atoms with E-state index in [-0.39, 0.29) is 5.91 Å². The molecule has 2 aromatic carbocycles. The Kier molecular flexibility index (Phi) is 5.91. The van der Waals surface area contributed by atoms with Gasteiger partial charge in [-0.3, -0.25) is 9.69 Å². The maximum absolute atomic E-state index is 12.8. The molecular weight excluding hydrogens is 362 g/mol. The molecule has 0 aliphatic carbocycles. The number of ether oxygens (including phenoxy) is 1. The number of amides is 1. The number of benzene rings is 2. The first-order valence-electron chi connectivity index (χ1n) is 8.32. The molecule has 1 aliphatic rings. The highest BCUT2D eigenvalue weighted by Gasteiger charge is 2.33. The number of rotatable bonds is 5. The number of nitrogens with zero attached hydrogens (tertiary/aromatic N) is 1. The van der Waals surface area contributed by atoms with Crippen LogP contribution in [0.25, 0.3) is 6.08 Å². The van der Waals surface area contributed by atoms with Crippen LogP contribution in [0.4, 0.5) is 5.69 Å². The average molecular weight is 382 g/mol. The fraction of sp³-hybridized carbons (Fsp3) is 0.143. The molecule has 3 rings (SSSR count). The lowest BCUT2D eigenvalue weighted by Gasteiger charge is -2.15. The second kappa shape index (κ2) is 8.34. The van der Waals surface area contributed by atoms with Gasteiger partial charge in [0, 0.05) is 0 Å². The molecule has 0 radical (unpaired) electrons. The Morgan fingerprint density at radius 3 is 2.50 bits per heavy atom. The molecule has 0 bridgehead atoms. The Balaban J connectivity index is 1.81. The minimum Gasteiger partial charge on any atom is -0.494 e. The molecule has 0 N–H and O–H groups in total. The van der Waals surface area contributed by atoms with Crippen molar-refractivity contribution in [1.29, 1.82) is 0 Å². The first-order valence-corrected chi connectivity index (χ1v) is 9.55. The maximum atomic E-state index is 12.8. The molecular formula is C21H19NO2S2. The summed E-state index contributed by atoms with van der Waals surface area (Å²) in [6, 6.07) is 17.4. The van der Waals surface area contributed by atoms with Gasteiger partial charge in [0.2, 0.25) is 0 Å². The van der Waals surface area contributed by atoms with Crippen LogP contribution in [-0.2, 0) is 4.79 Å². The molecule has 0 spiro atoms. The van der Waals surface area contributed by atoms with Gasteiger partial charge in [0.25, 0.3) is 5.91 Å². The lowest BCUT2D eigenvalue weighted by atomic mass is 10.1. The first-order chi connectivity index (χ1) is 12.6. The fourth-order valence-electron chi connectivity index (χ4n) is 2.61. The van der Waals surface area contributed by atoms with Crippen molar-refractivity contribution >= 4 is 46.0 Å². The number of thiocarbonyl (C=S) groups is 1. The van der Waals surface area contributed by atoms with Gasteiger partial charge in [-0.1, -0.05) is 60.4 Å². The van der Waals surface area contributed by atoms with Crippen LogP contribution >= 0.6 is 24.0 Å². The number of carbonyl (C=O) groups excluding carboxylic acids is 1. The van der Waals surface area contributed by atoms with Crippen LogP contribution in [0.15, 0.2) is 71.2 Å². The van der Waals surface area contributed by atoms with E-state index in [2.05, 4.69) is 0 Å². The number of thioether (sulfide) groups is 1. The third-order valence-electron chi connectivity index (χ3n) is 3.75. The number of allylic oxidation sites excluding steroid dienone is 2. The van der Waals surface area contributed by atoms with Crippen molar-refractivity contribution in [2.75, 3.05) is 11.5 Å². The largest absolute Gasteiger partial charge is 0.494 e. The number of carbonyl (C=O) groups is 1. The molecule has 0 aromatic heterocycles. The standard InChI is InChI=1S/C21H19NO2S2/c1-3-24-18-11-9-17(10-12-18)22-20(23)19(26-21(22)25)14-15(2)13-16-7-5-4-6-8-16/h4-14H,3H2,1-2H3/b15-13-,19-14-. The van der Waals surface area contributed by atoms with Gasteiger partial charge in [-0.2, -0.15) is 0 Å². The molecule has 5 heteroatoms. The predicted molar refractivity (Wildman–Crippen MR) is 113 cm³/mol. The van der Waals surface area contributed by atoms with E-state index in [1.807, 2.05) is 80.6 Å². The zero-order valence-corrected chi connectivity index (χ0v) is 16.3. The van der Waals surface area contributed by atoms with Crippen LogP contribution in [0.5, 0.6) is 5.75 Å². The quantitative estimate of drug-likeness (QED) is 0.510. The Labute approximate surface area is 163 Å². The summed E-state index contributed by atoms with van der Waals surface area (Å²) in [5.74, 6) is 0.684. The van der Waals surface area contributed by atoms with E-state index in [1.165, 1.54) is 11.8 Å². The molecule has 1 heterocycles. The van der Waals surface area contributed by atoms with Gasteiger partial charge in [-0.15, -0.1) is 0 Å². The van der Waals surface area contributed by atoms with E-state index in [4.69, 9.17) is 17.0 Å². The summed E-state index contributed by atoms with van der Waals surface area (Å²) in [5.41, 5.74) is 2.86. The monoisotopic (exact) mass is 381 g/mol. The van der Waals surface area contributed by atoms with Gasteiger partial charge in [0.1, 0.15) is 5.75 Å². The summed E-state index contributed by atoms with van der Waals surface area (Å²) in [4.78, 5) is 15.0. The molecule has 1 fully saturated rings. The second-order valence-corrected chi connectivity index (χ2v) is 7.42. The van der Waals surface area contributed by atoms with Crippen molar-refractivity contribution in [2.24, 2.45) is 0 Å². The molecule has 1 saturated heterocycles. The Hall–Kier alpha value is -2.37. The summed E-state index contributed by atoms with van der Waals surface area (Å²) >= 11 is 6.75. The SMILES string of the molecule is CCOc1ccc(N2C(=O)/C(=C/C(C)=C\c3ccccc3)SC2=S)cc1. The topological polar surface area (TPSA) is 29.5 Å². The third kappa shape index (κ3) is 4.23. The number of anilines is 1. The van der Waals surface area contributed by atoms with E-state index in [0.717, 1.165) is 22.6 Å². The molecule has 0 atom stereocenters. The smallest absolute Gasteiger partial charge is 0.270 e. The molecule has 0 unspecified atom stereocenters. The predicted octanol–water partition coefficient (Wildman–Crippen LogP) is 5.44. The first kappa shape index (κ1) is 18.4. The summed E-state index contributed by atoms with van der Waals surface area (Å²) in [6.45, 7) is 4.53. The Morgan fingerprint density at radius 2 is 1.85 bits per heavy atom. The van der Waals surface area contributed by atoms with Crippen molar-refractivity contribution in [1.82, 2.24) is 0 Å². The van der Waals surface area contributed by atoms with Crippen LogP contribution < -0.4 is 9.64 Å². The highest BCUT2D eigenvalue weighted by molar-refractivity contribution is 8.27. The highest BCUT2D eigenvalue weighted by Crippen LogP contribution is 2.36. The Bertz CT molecular complexity index is 871. The summed E-state index contributed by atoms with van der Waals surface area (Å²) in [7, 11) is 0. The van der Waals surface area contributed by atoms with Gasteiger partial charge in [0.05, 0.1) is 17.2 Å². The van der Waals surface area contributed by atoms with Crippen molar-refractivity contribution in [3.05, 3.63) is 76.7 Å². The summed E-state index contributed by atoms with van der Waals surface area (Å²) in [6.07, 6.45) is 3.93. The van der Waals surface area contributed by atoms with Crippen LogP contribution in [0.3, 0.4) is 0 Å². The van der Waals surface area contributed by atoms with E-state index < -0.39 is 0 Å². The molecule has 2 aromatic rings. The average Bonchev–Trinajstić information content (AvgIpc) is 2.90. The number of hydrogen-bond donors (Lipinski definition) is 0. The summed E-state index contributed by atoms with van der Waals surface area (Å²) < 4.78 is 5.99. The minimum absolute atomic E-state index is 0.0926. The lowest BCUT2D eigenvalue weighted by Crippen LogP contribution is -2.27.